The summed E-state index contributed by atoms with van der Waals surface area (Å²) in [6.07, 6.45) is 3.55. The first kappa shape index (κ1) is 13.2. The lowest BCUT2D eigenvalue weighted by atomic mass is 10.0. The van der Waals surface area contributed by atoms with E-state index in [4.69, 9.17) is 4.74 Å². The maximum absolute atomic E-state index is 5.47. The Balaban J connectivity index is 2.12. The molecule has 1 N–H and O–H groups in total. The Morgan fingerprint density at radius 1 is 1.44 bits per heavy atom. The van der Waals surface area contributed by atoms with Gasteiger partial charge in [-0.15, -0.1) is 0 Å². The number of ether oxygens (including phenoxy) is 1. The third-order valence-electron chi connectivity index (χ3n) is 3.50. The number of rotatable bonds is 6. The largest absolute Gasteiger partial charge is 0.494 e. The van der Waals surface area contributed by atoms with Gasteiger partial charge in [0.15, 0.2) is 0 Å². The molecule has 2 heteroatoms. The maximum Gasteiger partial charge on any atom is 0.119 e. The molecular formula is C16H23NO. The van der Waals surface area contributed by atoms with Crippen LogP contribution in [0, 0.1) is 0 Å². The molecule has 0 spiro atoms. The van der Waals surface area contributed by atoms with Crippen molar-refractivity contribution in [2.24, 2.45) is 0 Å². The first-order valence-corrected chi connectivity index (χ1v) is 6.94. The van der Waals surface area contributed by atoms with Gasteiger partial charge in [0.1, 0.15) is 5.76 Å². The molecule has 1 aliphatic carbocycles. The summed E-state index contributed by atoms with van der Waals surface area (Å²) < 4.78 is 5.47. The zero-order valence-electron chi connectivity index (χ0n) is 11.5. The minimum Gasteiger partial charge on any atom is -0.494 e. The standard InChI is InChI=1S/C16H23NO/c1-4-10-17-16-9-7-14-11-13(6-8-15(14)16)12(3)18-5-2/h6,8,11,16-17H,3-5,7,9-10H2,1-2H3. The SMILES string of the molecule is C=C(OCC)c1ccc2c(c1)CCC2NCCC. The molecule has 1 aromatic rings. The lowest BCUT2D eigenvalue weighted by Crippen LogP contribution is -2.19. The molecule has 0 heterocycles. The van der Waals surface area contributed by atoms with Gasteiger partial charge < -0.3 is 10.1 Å². The summed E-state index contributed by atoms with van der Waals surface area (Å²) >= 11 is 0. The van der Waals surface area contributed by atoms with Crippen LogP contribution in [0.15, 0.2) is 24.8 Å². The Morgan fingerprint density at radius 2 is 2.28 bits per heavy atom. The molecule has 0 bridgehead atoms. The first-order chi connectivity index (χ1) is 8.76. The van der Waals surface area contributed by atoms with Gasteiger partial charge in [0.25, 0.3) is 0 Å². The van der Waals surface area contributed by atoms with Crippen LogP contribution in [-0.4, -0.2) is 13.2 Å². The van der Waals surface area contributed by atoms with Gasteiger partial charge in [0.05, 0.1) is 6.61 Å². The molecule has 2 nitrogen and oxygen atoms in total. The van der Waals surface area contributed by atoms with Crippen LogP contribution in [-0.2, 0) is 11.2 Å². The van der Waals surface area contributed by atoms with E-state index < -0.39 is 0 Å². The zero-order valence-corrected chi connectivity index (χ0v) is 11.5. The van der Waals surface area contributed by atoms with Crippen molar-refractivity contribution in [3.05, 3.63) is 41.5 Å². The van der Waals surface area contributed by atoms with Crippen molar-refractivity contribution in [1.29, 1.82) is 0 Å². The summed E-state index contributed by atoms with van der Waals surface area (Å²) in [5.74, 6) is 0.783. The summed E-state index contributed by atoms with van der Waals surface area (Å²) in [5.41, 5.74) is 4.02. The molecule has 2 rings (SSSR count). The Morgan fingerprint density at radius 3 is 3.00 bits per heavy atom. The van der Waals surface area contributed by atoms with E-state index >= 15 is 0 Å². The maximum atomic E-state index is 5.47. The summed E-state index contributed by atoms with van der Waals surface area (Å²) in [6, 6.07) is 7.13. The van der Waals surface area contributed by atoms with E-state index in [0.717, 1.165) is 24.3 Å². The number of aryl methyl sites for hydroxylation is 1. The molecule has 1 atom stereocenters. The number of hydrogen-bond acceptors (Lipinski definition) is 2. The smallest absolute Gasteiger partial charge is 0.119 e. The van der Waals surface area contributed by atoms with Crippen molar-refractivity contribution >= 4 is 5.76 Å². The van der Waals surface area contributed by atoms with Gasteiger partial charge >= 0.3 is 0 Å². The minimum absolute atomic E-state index is 0.536. The highest BCUT2D eigenvalue weighted by Gasteiger charge is 2.22. The Bertz CT molecular complexity index is 425. The first-order valence-electron chi connectivity index (χ1n) is 6.94. The summed E-state index contributed by atoms with van der Waals surface area (Å²) in [7, 11) is 0. The Hall–Kier alpha value is -1.28. The van der Waals surface area contributed by atoms with E-state index in [1.807, 2.05) is 6.92 Å². The van der Waals surface area contributed by atoms with E-state index in [2.05, 4.69) is 37.0 Å². The molecule has 0 aliphatic heterocycles. The van der Waals surface area contributed by atoms with Crippen LogP contribution in [0.2, 0.25) is 0 Å². The van der Waals surface area contributed by atoms with Gasteiger partial charge in [-0.1, -0.05) is 25.6 Å². The molecule has 1 aromatic carbocycles. The third-order valence-corrected chi connectivity index (χ3v) is 3.50. The molecule has 18 heavy (non-hydrogen) atoms. The second kappa shape index (κ2) is 6.05. The van der Waals surface area contributed by atoms with Crippen molar-refractivity contribution in [2.75, 3.05) is 13.2 Å². The number of hydrogen-bond donors (Lipinski definition) is 1. The van der Waals surface area contributed by atoms with Crippen molar-refractivity contribution in [3.8, 4) is 0 Å². The zero-order chi connectivity index (χ0) is 13.0. The normalized spacial score (nSPS) is 17.6. The number of benzene rings is 1. The molecule has 0 fully saturated rings. The predicted octanol–water partition coefficient (Wildman–Crippen LogP) is 3.68. The molecule has 0 amide bonds. The topological polar surface area (TPSA) is 21.3 Å². The molecule has 1 unspecified atom stereocenters. The lowest BCUT2D eigenvalue weighted by molar-refractivity contribution is 0.299. The summed E-state index contributed by atoms with van der Waals surface area (Å²) in [6.45, 7) is 9.94. The fourth-order valence-corrected chi connectivity index (χ4v) is 2.58. The van der Waals surface area contributed by atoms with Crippen LogP contribution >= 0.6 is 0 Å². The fourth-order valence-electron chi connectivity index (χ4n) is 2.58. The average Bonchev–Trinajstić information content (AvgIpc) is 2.79. The molecule has 1 aliphatic rings. The summed E-state index contributed by atoms with van der Waals surface area (Å²) in [4.78, 5) is 0. The second-order valence-electron chi connectivity index (χ2n) is 4.82. The van der Waals surface area contributed by atoms with Crippen LogP contribution in [0.4, 0.5) is 0 Å². The van der Waals surface area contributed by atoms with Gasteiger partial charge in [-0.2, -0.15) is 0 Å². The van der Waals surface area contributed by atoms with Crippen molar-refractivity contribution in [3.63, 3.8) is 0 Å². The van der Waals surface area contributed by atoms with Crippen LogP contribution in [0.5, 0.6) is 0 Å². The van der Waals surface area contributed by atoms with Crippen LogP contribution < -0.4 is 5.32 Å². The molecule has 0 aromatic heterocycles. The van der Waals surface area contributed by atoms with Crippen LogP contribution in [0.25, 0.3) is 5.76 Å². The third kappa shape index (κ3) is 2.75. The van der Waals surface area contributed by atoms with Gasteiger partial charge in [0.2, 0.25) is 0 Å². The van der Waals surface area contributed by atoms with Crippen molar-refractivity contribution in [1.82, 2.24) is 5.32 Å². The summed E-state index contributed by atoms with van der Waals surface area (Å²) in [5, 5.41) is 3.61. The number of nitrogens with one attached hydrogen (secondary N) is 1. The van der Waals surface area contributed by atoms with Crippen LogP contribution in [0.1, 0.15) is 49.4 Å². The highest BCUT2D eigenvalue weighted by molar-refractivity contribution is 5.59. The highest BCUT2D eigenvalue weighted by atomic mass is 16.5. The Labute approximate surface area is 110 Å². The average molecular weight is 245 g/mol. The van der Waals surface area contributed by atoms with Crippen molar-refractivity contribution in [2.45, 2.75) is 39.2 Å². The van der Waals surface area contributed by atoms with E-state index in [9.17, 15) is 0 Å². The van der Waals surface area contributed by atoms with Crippen molar-refractivity contribution < 1.29 is 4.74 Å². The quantitative estimate of drug-likeness (QED) is 0.772. The minimum atomic E-state index is 0.536. The van der Waals surface area contributed by atoms with Gasteiger partial charge in [0, 0.05) is 11.6 Å². The lowest BCUT2D eigenvalue weighted by Gasteiger charge is -2.14. The molecular weight excluding hydrogens is 222 g/mol. The predicted molar refractivity (Wildman–Crippen MR) is 76.5 cm³/mol. The fraction of sp³-hybridized carbons (Fsp3) is 0.500. The number of fused-ring (bicyclic) bond motifs is 1. The molecule has 0 saturated heterocycles. The van der Waals surface area contributed by atoms with E-state index in [1.165, 1.54) is 24.0 Å². The van der Waals surface area contributed by atoms with Gasteiger partial charge in [-0.25, -0.2) is 0 Å². The second-order valence-corrected chi connectivity index (χ2v) is 4.82. The van der Waals surface area contributed by atoms with E-state index in [-0.39, 0.29) is 0 Å². The van der Waals surface area contributed by atoms with E-state index in [0.29, 0.717) is 12.6 Å². The molecule has 98 valence electrons. The molecule has 0 radical (unpaired) electrons. The van der Waals surface area contributed by atoms with Gasteiger partial charge in [-0.3, -0.25) is 0 Å². The van der Waals surface area contributed by atoms with Gasteiger partial charge in [-0.05, 0) is 49.9 Å². The van der Waals surface area contributed by atoms with E-state index in [1.54, 1.807) is 0 Å². The molecule has 0 saturated carbocycles. The Kier molecular flexibility index (Phi) is 4.43. The van der Waals surface area contributed by atoms with Crippen LogP contribution in [0.3, 0.4) is 0 Å². The highest BCUT2D eigenvalue weighted by Crippen LogP contribution is 2.33. The monoisotopic (exact) mass is 245 g/mol.